The van der Waals surface area contributed by atoms with Crippen molar-refractivity contribution in [2.75, 3.05) is 5.32 Å². The highest BCUT2D eigenvalue weighted by Crippen LogP contribution is 2.39. The number of rotatable bonds is 3. The van der Waals surface area contributed by atoms with Crippen LogP contribution < -0.4 is 11.1 Å². The summed E-state index contributed by atoms with van der Waals surface area (Å²) in [7, 11) is 0. The first-order valence-corrected chi connectivity index (χ1v) is 6.23. The van der Waals surface area contributed by atoms with Crippen molar-refractivity contribution < 1.29 is 9.90 Å². The number of carbonyl (C=O) groups excluding carboxylic acids is 1. The van der Waals surface area contributed by atoms with E-state index in [-0.39, 0.29) is 17.6 Å². The number of benzene rings is 1. The average Bonchev–Trinajstić information content (AvgIpc) is 3.14. The Morgan fingerprint density at radius 1 is 1.44 bits per heavy atom. The molecule has 0 saturated heterocycles. The number of phenolic OH excluding ortho intramolecular Hbond substituents is 1. The second-order valence-electron chi connectivity index (χ2n) is 5.41. The van der Waals surface area contributed by atoms with Gasteiger partial charge in [-0.25, -0.2) is 0 Å². The minimum Gasteiger partial charge on any atom is -0.507 e. The molecule has 1 atom stereocenters. The van der Waals surface area contributed by atoms with Crippen LogP contribution in [0.1, 0.15) is 30.9 Å². The van der Waals surface area contributed by atoms with Crippen molar-refractivity contribution in [1.82, 2.24) is 0 Å². The van der Waals surface area contributed by atoms with Crippen molar-refractivity contribution in [3.05, 3.63) is 23.3 Å². The summed E-state index contributed by atoms with van der Waals surface area (Å²) in [4.78, 5) is 12.1. The van der Waals surface area contributed by atoms with E-state index in [2.05, 4.69) is 5.32 Å². The van der Waals surface area contributed by atoms with E-state index in [1.54, 1.807) is 26.0 Å². The number of nitrogens with one attached hydrogen (secondary N) is 1. The number of aryl methyl sites for hydroxylation is 1. The van der Waals surface area contributed by atoms with Crippen LogP contribution >= 0.6 is 0 Å². The Hall–Kier alpha value is -1.55. The van der Waals surface area contributed by atoms with Crippen LogP contribution in [0.5, 0.6) is 5.75 Å². The third-order valence-corrected chi connectivity index (χ3v) is 3.80. The molecule has 1 aliphatic rings. The van der Waals surface area contributed by atoms with Gasteiger partial charge in [0.1, 0.15) is 5.75 Å². The zero-order valence-electron chi connectivity index (χ0n) is 11.1. The molecule has 1 amide bonds. The summed E-state index contributed by atoms with van der Waals surface area (Å²) in [6.45, 7) is 5.37. The molecular weight excluding hydrogens is 228 g/mol. The van der Waals surface area contributed by atoms with E-state index in [1.807, 2.05) is 6.92 Å². The van der Waals surface area contributed by atoms with Gasteiger partial charge in [0.2, 0.25) is 5.91 Å². The highest BCUT2D eigenvalue weighted by Gasteiger charge is 2.44. The summed E-state index contributed by atoms with van der Waals surface area (Å²) in [6, 6.07) is 3.58. The van der Waals surface area contributed by atoms with Crippen molar-refractivity contribution >= 4 is 11.6 Å². The SMILES string of the molecule is Cc1ccc(NC(=O)C(C)(N)C2CC2)c(C)c1O. The molecule has 4 nitrogen and oxygen atoms in total. The quantitative estimate of drug-likeness (QED) is 0.766. The van der Waals surface area contributed by atoms with Gasteiger partial charge in [-0.2, -0.15) is 0 Å². The number of phenols is 1. The van der Waals surface area contributed by atoms with E-state index in [1.165, 1.54) is 0 Å². The molecule has 1 aromatic rings. The molecule has 0 spiro atoms. The summed E-state index contributed by atoms with van der Waals surface area (Å²) in [6.07, 6.45) is 2.02. The van der Waals surface area contributed by atoms with Crippen LogP contribution in [-0.4, -0.2) is 16.6 Å². The summed E-state index contributed by atoms with van der Waals surface area (Å²) < 4.78 is 0. The molecule has 0 aliphatic heterocycles. The average molecular weight is 248 g/mol. The summed E-state index contributed by atoms with van der Waals surface area (Å²) in [5, 5.41) is 12.7. The lowest BCUT2D eigenvalue weighted by atomic mass is 9.96. The van der Waals surface area contributed by atoms with E-state index in [0.29, 0.717) is 11.3 Å². The highest BCUT2D eigenvalue weighted by molar-refractivity contribution is 5.99. The highest BCUT2D eigenvalue weighted by atomic mass is 16.3. The minimum absolute atomic E-state index is 0.184. The monoisotopic (exact) mass is 248 g/mol. The molecule has 1 saturated carbocycles. The van der Waals surface area contributed by atoms with Crippen molar-refractivity contribution in [3.8, 4) is 5.75 Å². The van der Waals surface area contributed by atoms with Crippen LogP contribution in [-0.2, 0) is 4.79 Å². The van der Waals surface area contributed by atoms with Crippen LogP contribution in [0.25, 0.3) is 0 Å². The largest absolute Gasteiger partial charge is 0.507 e. The van der Waals surface area contributed by atoms with E-state index in [9.17, 15) is 9.90 Å². The molecule has 1 fully saturated rings. The lowest BCUT2D eigenvalue weighted by molar-refractivity contribution is -0.121. The first-order valence-electron chi connectivity index (χ1n) is 6.23. The predicted molar refractivity (Wildman–Crippen MR) is 71.5 cm³/mol. The fourth-order valence-electron chi connectivity index (χ4n) is 2.10. The van der Waals surface area contributed by atoms with Gasteiger partial charge in [-0.3, -0.25) is 4.79 Å². The molecule has 0 aromatic heterocycles. The predicted octanol–water partition coefficient (Wildman–Crippen LogP) is 2.07. The van der Waals surface area contributed by atoms with Gasteiger partial charge in [0.25, 0.3) is 0 Å². The summed E-state index contributed by atoms with van der Waals surface area (Å²) >= 11 is 0. The number of anilines is 1. The van der Waals surface area contributed by atoms with E-state index >= 15 is 0 Å². The van der Waals surface area contributed by atoms with Crippen LogP contribution in [0.15, 0.2) is 12.1 Å². The van der Waals surface area contributed by atoms with Gasteiger partial charge in [-0.15, -0.1) is 0 Å². The van der Waals surface area contributed by atoms with Gasteiger partial charge in [0.05, 0.1) is 5.54 Å². The van der Waals surface area contributed by atoms with Crippen molar-refractivity contribution in [2.45, 2.75) is 39.2 Å². The second-order valence-corrected chi connectivity index (χ2v) is 5.41. The van der Waals surface area contributed by atoms with E-state index in [0.717, 1.165) is 18.4 Å². The first-order chi connectivity index (χ1) is 8.34. The van der Waals surface area contributed by atoms with Crippen LogP contribution in [0.4, 0.5) is 5.69 Å². The van der Waals surface area contributed by atoms with Crippen molar-refractivity contribution in [2.24, 2.45) is 11.7 Å². The number of nitrogens with two attached hydrogens (primary N) is 1. The zero-order valence-corrected chi connectivity index (χ0v) is 11.1. The Balaban J connectivity index is 2.19. The Bertz CT molecular complexity index is 491. The van der Waals surface area contributed by atoms with Gasteiger partial charge in [0, 0.05) is 11.3 Å². The van der Waals surface area contributed by atoms with Gasteiger partial charge >= 0.3 is 0 Å². The molecule has 0 bridgehead atoms. The molecule has 0 radical (unpaired) electrons. The first kappa shape index (κ1) is 12.9. The molecule has 4 heteroatoms. The van der Waals surface area contributed by atoms with Crippen molar-refractivity contribution in [1.29, 1.82) is 0 Å². The third kappa shape index (κ3) is 2.20. The molecular formula is C14H20N2O2. The lowest BCUT2D eigenvalue weighted by Gasteiger charge is -2.24. The Morgan fingerprint density at radius 3 is 2.61 bits per heavy atom. The molecule has 1 aliphatic carbocycles. The van der Waals surface area contributed by atoms with Crippen LogP contribution in [0.2, 0.25) is 0 Å². The fourth-order valence-corrected chi connectivity index (χ4v) is 2.10. The van der Waals surface area contributed by atoms with Crippen LogP contribution in [0.3, 0.4) is 0 Å². The fraction of sp³-hybridized carbons (Fsp3) is 0.500. The lowest BCUT2D eigenvalue weighted by Crippen LogP contribution is -2.50. The Morgan fingerprint density at radius 2 is 2.06 bits per heavy atom. The van der Waals surface area contributed by atoms with Gasteiger partial charge in [-0.05, 0) is 51.2 Å². The molecule has 18 heavy (non-hydrogen) atoms. The molecule has 4 N–H and O–H groups in total. The van der Waals surface area contributed by atoms with E-state index in [4.69, 9.17) is 5.73 Å². The maximum atomic E-state index is 12.1. The smallest absolute Gasteiger partial charge is 0.244 e. The molecule has 1 unspecified atom stereocenters. The van der Waals surface area contributed by atoms with Gasteiger partial charge < -0.3 is 16.2 Å². The van der Waals surface area contributed by atoms with Crippen molar-refractivity contribution in [3.63, 3.8) is 0 Å². The Labute approximate surface area is 107 Å². The molecule has 0 heterocycles. The maximum Gasteiger partial charge on any atom is 0.244 e. The minimum atomic E-state index is -0.826. The number of carbonyl (C=O) groups is 1. The van der Waals surface area contributed by atoms with Gasteiger partial charge in [0.15, 0.2) is 0 Å². The van der Waals surface area contributed by atoms with Gasteiger partial charge in [-0.1, -0.05) is 6.07 Å². The summed E-state index contributed by atoms with van der Waals surface area (Å²) in [5.41, 5.74) is 7.33. The standard InChI is InChI=1S/C14H20N2O2/c1-8-4-7-11(9(2)12(8)17)16-13(18)14(3,15)10-5-6-10/h4,7,10,17H,5-6,15H2,1-3H3,(H,16,18). The molecule has 2 rings (SSSR count). The number of hydrogen-bond donors (Lipinski definition) is 3. The van der Waals surface area contributed by atoms with Crippen LogP contribution in [0, 0.1) is 19.8 Å². The normalized spacial score (nSPS) is 18.2. The second kappa shape index (κ2) is 4.28. The molecule has 1 aromatic carbocycles. The van der Waals surface area contributed by atoms with E-state index < -0.39 is 5.54 Å². The molecule has 98 valence electrons. The third-order valence-electron chi connectivity index (χ3n) is 3.80. The number of aromatic hydroxyl groups is 1. The zero-order chi connectivity index (χ0) is 13.5. The topological polar surface area (TPSA) is 75.4 Å². The maximum absolute atomic E-state index is 12.1. The number of hydrogen-bond acceptors (Lipinski definition) is 3. The summed E-state index contributed by atoms with van der Waals surface area (Å²) in [5.74, 6) is 0.311. The number of amides is 1. The Kier molecular flexibility index (Phi) is 3.07.